The molecular formula is C23H20N4O4S. The van der Waals surface area contributed by atoms with E-state index in [4.69, 9.17) is 9.47 Å². The van der Waals surface area contributed by atoms with Gasteiger partial charge in [0, 0.05) is 30.6 Å². The van der Waals surface area contributed by atoms with Crippen LogP contribution in [-0.2, 0) is 9.59 Å². The van der Waals surface area contributed by atoms with E-state index in [2.05, 4.69) is 15.5 Å². The first-order valence-corrected chi connectivity index (χ1v) is 11.0. The fourth-order valence-electron chi connectivity index (χ4n) is 3.76. The molecule has 2 aliphatic rings. The summed E-state index contributed by atoms with van der Waals surface area (Å²) in [4.78, 5) is 26.7. The van der Waals surface area contributed by atoms with E-state index in [0.29, 0.717) is 29.6 Å². The maximum atomic E-state index is 12.6. The highest BCUT2D eigenvalue weighted by atomic mass is 32.1. The Kier molecular flexibility index (Phi) is 5.32. The molecule has 32 heavy (non-hydrogen) atoms. The maximum absolute atomic E-state index is 12.6. The fraction of sp³-hybridized carbons (Fsp3) is 0.217. The van der Waals surface area contributed by atoms with Crippen molar-refractivity contribution in [3.05, 3.63) is 64.7 Å². The number of benzene rings is 2. The third-order valence-electron chi connectivity index (χ3n) is 5.38. The van der Waals surface area contributed by atoms with Crippen molar-refractivity contribution in [2.24, 2.45) is 0 Å². The Hall–Kier alpha value is -3.72. The number of nitrogens with one attached hydrogen (secondary N) is 1. The number of ether oxygens (including phenoxy) is 2. The number of carbonyl (C=O) groups is 2. The highest BCUT2D eigenvalue weighted by Gasteiger charge is 2.34. The Morgan fingerprint density at radius 2 is 2.03 bits per heavy atom. The van der Waals surface area contributed by atoms with Crippen molar-refractivity contribution in [1.82, 2.24) is 10.2 Å². The number of amides is 2. The van der Waals surface area contributed by atoms with E-state index in [1.54, 1.807) is 17.0 Å². The Morgan fingerprint density at radius 3 is 2.91 bits per heavy atom. The zero-order valence-corrected chi connectivity index (χ0v) is 18.1. The second kappa shape index (κ2) is 8.43. The summed E-state index contributed by atoms with van der Waals surface area (Å²) in [6.07, 6.45) is 3.49. The van der Waals surface area contributed by atoms with Crippen LogP contribution >= 0.6 is 11.3 Å². The van der Waals surface area contributed by atoms with Gasteiger partial charge in [0.25, 0.3) is 0 Å². The molecule has 2 aromatic carbocycles. The summed E-state index contributed by atoms with van der Waals surface area (Å²) in [5.74, 6) is 1.06. The van der Waals surface area contributed by atoms with Crippen LogP contribution in [0.5, 0.6) is 11.5 Å². The van der Waals surface area contributed by atoms with E-state index in [1.807, 2.05) is 43.3 Å². The molecule has 3 aromatic rings. The summed E-state index contributed by atoms with van der Waals surface area (Å²) in [5, 5.41) is 12.2. The summed E-state index contributed by atoms with van der Waals surface area (Å²) in [6, 6.07) is 13.3. The topological polar surface area (TPSA) is 93.7 Å². The molecule has 0 saturated carbocycles. The summed E-state index contributed by atoms with van der Waals surface area (Å²) < 4.78 is 10.6. The maximum Gasteiger partial charge on any atom is 0.250 e. The molecule has 1 atom stereocenters. The number of fused-ring (bicyclic) bond motifs is 1. The van der Waals surface area contributed by atoms with Crippen LogP contribution in [0.4, 0.5) is 10.8 Å². The van der Waals surface area contributed by atoms with Crippen molar-refractivity contribution in [1.29, 1.82) is 0 Å². The van der Waals surface area contributed by atoms with Gasteiger partial charge in [-0.3, -0.25) is 14.9 Å². The van der Waals surface area contributed by atoms with Crippen LogP contribution in [0.2, 0.25) is 0 Å². The van der Waals surface area contributed by atoms with E-state index in [1.165, 1.54) is 17.4 Å². The molecule has 5 rings (SSSR count). The molecule has 1 saturated heterocycles. The molecule has 0 spiro atoms. The number of anilines is 2. The van der Waals surface area contributed by atoms with Gasteiger partial charge in [0.15, 0.2) is 11.5 Å². The van der Waals surface area contributed by atoms with E-state index in [0.717, 1.165) is 21.8 Å². The standard InChI is InChI=1S/C23H20N4O4S/c1-14-4-2-3-5-17(14)27-12-16(11-21(27)29)22-25-26-23(32-22)24-20(28)9-7-15-6-8-18-19(10-15)31-13-30-18/h2-10,16H,11-13H2,1H3,(H,24,26,28)/b9-7+. The largest absolute Gasteiger partial charge is 0.454 e. The van der Waals surface area contributed by atoms with Crippen molar-refractivity contribution in [2.75, 3.05) is 23.6 Å². The zero-order chi connectivity index (χ0) is 22.1. The molecule has 2 aliphatic heterocycles. The SMILES string of the molecule is Cc1ccccc1N1CC(c2nnc(NC(=O)/C=C/c3ccc4c(c3)OCO4)s2)CC1=O. The van der Waals surface area contributed by atoms with Gasteiger partial charge < -0.3 is 14.4 Å². The summed E-state index contributed by atoms with van der Waals surface area (Å²) in [7, 11) is 0. The Morgan fingerprint density at radius 1 is 1.19 bits per heavy atom. The van der Waals surface area contributed by atoms with Gasteiger partial charge in [-0.05, 0) is 42.3 Å². The lowest BCUT2D eigenvalue weighted by Crippen LogP contribution is -2.25. The van der Waals surface area contributed by atoms with Gasteiger partial charge in [0.05, 0.1) is 0 Å². The summed E-state index contributed by atoms with van der Waals surface area (Å²) in [5.41, 5.74) is 2.80. The highest BCUT2D eigenvalue weighted by molar-refractivity contribution is 7.15. The number of hydrogen-bond acceptors (Lipinski definition) is 7. The van der Waals surface area contributed by atoms with E-state index in [-0.39, 0.29) is 24.5 Å². The Labute approximate surface area is 188 Å². The number of carbonyl (C=O) groups excluding carboxylic acids is 2. The second-order valence-corrected chi connectivity index (χ2v) is 8.58. The average molecular weight is 449 g/mol. The normalized spacial score (nSPS) is 17.3. The van der Waals surface area contributed by atoms with Crippen molar-refractivity contribution in [2.45, 2.75) is 19.3 Å². The number of aromatic nitrogens is 2. The van der Waals surface area contributed by atoms with E-state index >= 15 is 0 Å². The molecule has 1 aromatic heterocycles. The molecule has 3 heterocycles. The van der Waals surface area contributed by atoms with E-state index < -0.39 is 0 Å². The second-order valence-electron chi connectivity index (χ2n) is 7.57. The Bertz CT molecular complexity index is 1220. The van der Waals surface area contributed by atoms with Crippen LogP contribution in [-0.4, -0.2) is 35.3 Å². The monoisotopic (exact) mass is 448 g/mol. The number of aryl methyl sites for hydroxylation is 1. The molecule has 9 heteroatoms. The minimum absolute atomic E-state index is 0.0468. The number of hydrogen-bond donors (Lipinski definition) is 1. The van der Waals surface area contributed by atoms with Crippen molar-refractivity contribution >= 4 is 40.0 Å². The van der Waals surface area contributed by atoms with Crippen LogP contribution in [0, 0.1) is 6.92 Å². The van der Waals surface area contributed by atoms with Crippen LogP contribution < -0.4 is 19.7 Å². The van der Waals surface area contributed by atoms with Crippen LogP contribution in [0.3, 0.4) is 0 Å². The van der Waals surface area contributed by atoms with Crippen molar-refractivity contribution < 1.29 is 19.1 Å². The minimum Gasteiger partial charge on any atom is -0.454 e. The summed E-state index contributed by atoms with van der Waals surface area (Å²) in [6.45, 7) is 2.75. The minimum atomic E-state index is -0.311. The molecule has 1 N–H and O–H groups in total. The van der Waals surface area contributed by atoms with Gasteiger partial charge in [0.2, 0.25) is 23.7 Å². The van der Waals surface area contributed by atoms with Gasteiger partial charge in [-0.2, -0.15) is 0 Å². The van der Waals surface area contributed by atoms with Crippen LogP contribution in [0.15, 0.2) is 48.5 Å². The molecule has 0 radical (unpaired) electrons. The molecule has 162 valence electrons. The summed E-state index contributed by atoms with van der Waals surface area (Å²) >= 11 is 1.30. The molecule has 0 bridgehead atoms. The fourth-order valence-corrected chi connectivity index (χ4v) is 4.60. The van der Waals surface area contributed by atoms with Gasteiger partial charge >= 0.3 is 0 Å². The third-order valence-corrected chi connectivity index (χ3v) is 6.38. The van der Waals surface area contributed by atoms with Gasteiger partial charge in [0.1, 0.15) is 5.01 Å². The quantitative estimate of drug-likeness (QED) is 0.598. The van der Waals surface area contributed by atoms with Crippen molar-refractivity contribution in [3.63, 3.8) is 0 Å². The number of rotatable bonds is 5. The molecule has 0 aliphatic carbocycles. The Balaban J connectivity index is 1.22. The lowest BCUT2D eigenvalue weighted by Gasteiger charge is -2.18. The third kappa shape index (κ3) is 4.06. The predicted molar refractivity (Wildman–Crippen MR) is 121 cm³/mol. The van der Waals surface area contributed by atoms with Gasteiger partial charge in [-0.1, -0.05) is 35.6 Å². The van der Waals surface area contributed by atoms with Gasteiger partial charge in [-0.15, -0.1) is 10.2 Å². The number of para-hydroxylation sites is 1. The smallest absolute Gasteiger partial charge is 0.250 e. The number of nitrogens with zero attached hydrogens (tertiary/aromatic N) is 3. The highest BCUT2D eigenvalue weighted by Crippen LogP contribution is 2.35. The molecule has 1 unspecified atom stereocenters. The average Bonchev–Trinajstić information content (AvgIpc) is 3.52. The lowest BCUT2D eigenvalue weighted by atomic mass is 10.1. The molecular weight excluding hydrogens is 428 g/mol. The molecule has 1 fully saturated rings. The lowest BCUT2D eigenvalue weighted by molar-refractivity contribution is -0.117. The first-order valence-electron chi connectivity index (χ1n) is 10.1. The zero-order valence-electron chi connectivity index (χ0n) is 17.3. The van der Waals surface area contributed by atoms with Crippen LogP contribution in [0.1, 0.15) is 28.5 Å². The van der Waals surface area contributed by atoms with Crippen LogP contribution in [0.25, 0.3) is 6.08 Å². The first kappa shape index (κ1) is 20.2. The molecule has 8 nitrogen and oxygen atoms in total. The molecule has 2 amide bonds. The van der Waals surface area contributed by atoms with Gasteiger partial charge in [-0.25, -0.2) is 0 Å². The predicted octanol–water partition coefficient (Wildman–Crippen LogP) is 3.75. The van der Waals surface area contributed by atoms with E-state index in [9.17, 15) is 9.59 Å². The van der Waals surface area contributed by atoms with Crippen molar-refractivity contribution in [3.8, 4) is 11.5 Å². The first-order chi connectivity index (χ1) is 15.6.